The van der Waals surface area contributed by atoms with E-state index in [4.69, 9.17) is 4.99 Å². The molecular weight excluding hydrogens is 208 g/mol. The van der Waals surface area contributed by atoms with Gasteiger partial charge in [-0.25, -0.2) is 4.99 Å². The first-order valence-corrected chi connectivity index (χ1v) is 6.67. The van der Waals surface area contributed by atoms with Crippen LogP contribution in [0.1, 0.15) is 42.4 Å². The average Bonchev–Trinajstić information content (AvgIpc) is 2.51. The van der Waals surface area contributed by atoms with Crippen LogP contribution in [0.4, 0.5) is 5.69 Å². The van der Waals surface area contributed by atoms with Crippen LogP contribution in [-0.4, -0.2) is 17.3 Å². The molecule has 1 saturated heterocycles. The van der Waals surface area contributed by atoms with Crippen molar-refractivity contribution in [2.24, 2.45) is 4.99 Å². The highest BCUT2D eigenvalue weighted by atomic mass is 15.2. The average molecular weight is 228 g/mol. The van der Waals surface area contributed by atoms with E-state index in [1.807, 2.05) is 0 Å². The van der Waals surface area contributed by atoms with E-state index >= 15 is 0 Å². The zero-order chi connectivity index (χ0) is 11.8. The van der Waals surface area contributed by atoms with Gasteiger partial charge in [0.15, 0.2) is 0 Å². The molecule has 1 fully saturated rings. The second-order valence-electron chi connectivity index (χ2n) is 5.34. The molecule has 0 saturated carbocycles. The summed E-state index contributed by atoms with van der Waals surface area (Å²) >= 11 is 0. The van der Waals surface area contributed by atoms with E-state index in [1.54, 1.807) is 0 Å². The Labute approximate surface area is 103 Å². The number of hydrogen-bond donors (Lipinski definition) is 0. The van der Waals surface area contributed by atoms with Crippen molar-refractivity contribution in [3.63, 3.8) is 0 Å². The lowest BCUT2D eigenvalue weighted by atomic mass is 10.0. The van der Waals surface area contributed by atoms with Gasteiger partial charge < -0.3 is 4.90 Å². The van der Waals surface area contributed by atoms with Crippen LogP contribution in [0.25, 0.3) is 0 Å². The first-order valence-electron chi connectivity index (χ1n) is 6.67. The van der Waals surface area contributed by atoms with Gasteiger partial charge in [-0.15, -0.1) is 0 Å². The zero-order valence-electron chi connectivity index (χ0n) is 10.8. The Kier molecular flexibility index (Phi) is 2.65. The van der Waals surface area contributed by atoms with Gasteiger partial charge in [-0.1, -0.05) is 12.5 Å². The molecule has 2 heterocycles. The van der Waals surface area contributed by atoms with E-state index in [0.29, 0.717) is 0 Å². The summed E-state index contributed by atoms with van der Waals surface area (Å²) in [6.45, 7) is 6.63. The molecule has 2 aliphatic rings. The van der Waals surface area contributed by atoms with Gasteiger partial charge in [0.1, 0.15) is 5.84 Å². The van der Waals surface area contributed by atoms with Crippen molar-refractivity contribution in [3.8, 4) is 0 Å². The molecule has 2 nitrogen and oxygen atoms in total. The molecule has 17 heavy (non-hydrogen) atoms. The molecule has 0 radical (unpaired) electrons. The van der Waals surface area contributed by atoms with Gasteiger partial charge in [0, 0.05) is 25.1 Å². The second kappa shape index (κ2) is 4.17. The number of fused-ring (bicyclic) bond motifs is 2. The third-order valence-corrected chi connectivity index (χ3v) is 3.89. The molecule has 0 atom stereocenters. The maximum absolute atomic E-state index is 4.89. The summed E-state index contributed by atoms with van der Waals surface area (Å²) in [6, 6.07) is 4.51. The summed E-state index contributed by atoms with van der Waals surface area (Å²) in [5, 5.41) is 0. The highest BCUT2D eigenvalue weighted by Gasteiger charge is 2.22. The number of rotatable bonds is 0. The lowest BCUT2D eigenvalue weighted by Gasteiger charge is -2.30. The number of amidine groups is 1. The molecule has 2 aliphatic heterocycles. The Balaban J connectivity index is 2.05. The van der Waals surface area contributed by atoms with Gasteiger partial charge in [0.25, 0.3) is 0 Å². The van der Waals surface area contributed by atoms with E-state index < -0.39 is 0 Å². The molecule has 0 bridgehead atoms. The molecule has 0 unspecified atom stereocenters. The van der Waals surface area contributed by atoms with Crippen molar-refractivity contribution in [3.05, 3.63) is 28.8 Å². The number of aliphatic imine (C=N–C) groups is 1. The molecule has 0 aromatic heterocycles. The van der Waals surface area contributed by atoms with Crippen molar-refractivity contribution >= 4 is 11.5 Å². The van der Waals surface area contributed by atoms with E-state index in [1.165, 1.54) is 54.0 Å². The van der Waals surface area contributed by atoms with Gasteiger partial charge >= 0.3 is 0 Å². The van der Waals surface area contributed by atoms with Crippen molar-refractivity contribution in [1.82, 2.24) is 4.90 Å². The summed E-state index contributed by atoms with van der Waals surface area (Å²) in [5.74, 6) is 1.32. The maximum Gasteiger partial charge on any atom is 0.105 e. The van der Waals surface area contributed by atoms with Crippen molar-refractivity contribution in [1.29, 1.82) is 0 Å². The minimum absolute atomic E-state index is 1.07. The standard InChI is InChI=1S/C15H20N2/c1-11-8-12(2)13-10-17-7-5-3-4-6-15(17)16-14(13)9-11/h8-9H,3-7,10H2,1-2H3. The minimum Gasteiger partial charge on any atom is -0.356 e. The normalized spacial score (nSPS) is 19.2. The van der Waals surface area contributed by atoms with E-state index in [2.05, 4.69) is 30.9 Å². The predicted octanol–water partition coefficient (Wildman–Crippen LogP) is 3.72. The minimum atomic E-state index is 1.07. The highest BCUT2D eigenvalue weighted by Crippen LogP contribution is 2.32. The highest BCUT2D eigenvalue weighted by molar-refractivity contribution is 5.87. The molecule has 1 aromatic carbocycles. The smallest absolute Gasteiger partial charge is 0.105 e. The van der Waals surface area contributed by atoms with Gasteiger partial charge in [0.2, 0.25) is 0 Å². The first kappa shape index (κ1) is 10.8. The van der Waals surface area contributed by atoms with Crippen LogP contribution in [0.3, 0.4) is 0 Å². The third-order valence-electron chi connectivity index (χ3n) is 3.89. The number of hydrogen-bond acceptors (Lipinski definition) is 2. The van der Waals surface area contributed by atoms with Crippen LogP contribution >= 0.6 is 0 Å². The summed E-state index contributed by atoms with van der Waals surface area (Å²) in [5.41, 5.74) is 5.37. The molecule has 2 heteroatoms. The van der Waals surface area contributed by atoms with Crippen LogP contribution in [0.5, 0.6) is 0 Å². The number of nitrogens with zero attached hydrogens (tertiary/aromatic N) is 2. The van der Waals surface area contributed by atoms with Crippen LogP contribution in [0.2, 0.25) is 0 Å². The predicted molar refractivity (Wildman–Crippen MR) is 71.9 cm³/mol. The third kappa shape index (κ3) is 1.97. The molecule has 0 amide bonds. The second-order valence-corrected chi connectivity index (χ2v) is 5.34. The Morgan fingerprint density at radius 2 is 2.00 bits per heavy atom. The molecule has 0 spiro atoms. The van der Waals surface area contributed by atoms with Crippen molar-refractivity contribution < 1.29 is 0 Å². The lowest BCUT2D eigenvalue weighted by molar-refractivity contribution is 0.402. The number of benzene rings is 1. The van der Waals surface area contributed by atoms with Crippen LogP contribution in [0, 0.1) is 13.8 Å². The monoisotopic (exact) mass is 228 g/mol. The Morgan fingerprint density at radius 1 is 1.12 bits per heavy atom. The Hall–Kier alpha value is -1.31. The van der Waals surface area contributed by atoms with Crippen molar-refractivity contribution in [2.75, 3.05) is 6.54 Å². The molecular formula is C15H20N2. The fourth-order valence-electron chi connectivity index (χ4n) is 2.96. The van der Waals surface area contributed by atoms with E-state index in [-0.39, 0.29) is 0 Å². The molecule has 3 rings (SSSR count). The topological polar surface area (TPSA) is 15.6 Å². The fourth-order valence-corrected chi connectivity index (χ4v) is 2.96. The van der Waals surface area contributed by atoms with E-state index in [9.17, 15) is 0 Å². The first-order chi connectivity index (χ1) is 8.24. The fraction of sp³-hybridized carbons (Fsp3) is 0.533. The molecule has 1 aromatic rings. The Morgan fingerprint density at radius 3 is 2.88 bits per heavy atom. The van der Waals surface area contributed by atoms with Crippen LogP contribution in [-0.2, 0) is 6.54 Å². The number of aryl methyl sites for hydroxylation is 2. The summed E-state index contributed by atoms with van der Waals surface area (Å²) in [6.07, 6.45) is 5.13. The largest absolute Gasteiger partial charge is 0.356 e. The lowest BCUT2D eigenvalue weighted by Crippen LogP contribution is -2.32. The summed E-state index contributed by atoms with van der Waals surface area (Å²) in [4.78, 5) is 7.38. The van der Waals surface area contributed by atoms with Gasteiger partial charge in [-0.3, -0.25) is 0 Å². The maximum atomic E-state index is 4.89. The quantitative estimate of drug-likeness (QED) is 0.660. The van der Waals surface area contributed by atoms with Gasteiger partial charge in [-0.2, -0.15) is 0 Å². The SMILES string of the molecule is Cc1cc(C)c2c(c1)N=C1CCCCCN1C2. The summed E-state index contributed by atoms with van der Waals surface area (Å²) < 4.78 is 0. The molecule has 90 valence electrons. The van der Waals surface area contributed by atoms with Crippen LogP contribution in [0.15, 0.2) is 17.1 Å². The molecule has 0 aliphatic carbocycles. The summed E-state index contributed by atoms with van der Waals surface area (Å²) in [7, 11) is 0. The Bertz CT molecular complexity index is 474. The van der Waals surface area contributed by atoms with Crippen molar-refractivity contribution in [2.45, 2.75) is 46.1 Å². The van der Waals surface area contributed by atoms with Gasteiger partial charge in [0.05, 0.1) is 5.69 Å². The van der Waals surface area contributed by atoms with Crippen LogP contribution < -0.4 is 0 Å². The van der Waals surface area contributed by atoms with Gasteiger partial charge in [-0.05, 0) is 43.9 Å². The molecule has 0 N–H and O–H groups in total. The van der Waals surface area contributed by atoms with E-state index in [0.717, 1.165) is 13.0 Å². The zero-order valence-corrected chi connectivity index (χ0v) is 10.8.